The number of hydrogen-bond donors (Lipinski definition) is 3. The maximum Gasteiger partial charge on any atom is 0.429 e. The molecule has 0 amide bonds. The van der Waals surface area contributed by atoms with E-state index in [1.165, 1.54) is 0 Å². The number of nitrogens with zero attached hydrogens (tertiary/aromatic N) is 4. The lowest BCUT2D eigenvalue weighted by Crippen LogP contribution is -2.44. The number of nitrogens with one attached hydrogen (secondary N) is 1. The van der Waals surface area contributed by atoms with Gasteiger partial charge in [0.05, 0.1) is 5.56 Å². The Labute approximate surface area is 181 Å². The molecular weight excluding hydrogens is 478 g/mol. The largest absolute Gasteiger partial charge is 0.429 e. The Kier molecular flexibility index (Phi) is 6.88. The van der Waals surface area contributed by atoms with Gasteiger partial charge in [-0.2, -0.15) is 13.2 Å². The maximum absolute atomic E-state index is 12.8. The second kappa shape index (κ2) is 9.31. The molecule has 17 heteroatoms. The number of aliphatic hydroxyl groups excluding tert-OH is 2. The van der Waals surface area contributed by atoms with Crippen molar-refractivity contribution < 1.29 is 41.7 Å². The minimum atomic E-state index is -4.68. The first-order valence-electron chi connectivity index (χ1n) is 8.84. The highest BCUT2D eigenvalue weighted by Gasteiger charge is 2.56. The van der Waals surface area contributed by atoms with Gasteiger partial charge in [-0.15, -0.1) is 0 Å². The first-order valence-corrected chi connectivity index (χ1v) is 9.94. The Bertz CT molecular complexity index is 1190. The second-order valence-corrected chi connectivity index (χ2v) is 7.47. The van der Waals surface area contributed by atoms with Crippen molar-refractivity contribution in [3.8, 4) is 5.75 Å². The Morgan fingerprint density at radius 1 is 1.33 bits per heavy atom. The van der Waals surface area contributed by atoms with Gasteiger partial charge in [-0.1, -0.05) is 11.2 Å². The van der Waals surface area contributed by atoms with Crippen LogP contribution in [-0.2, 0) is 20.0 Å². The van der Waals surface area contributed by atoms with E-state index in [0.29, 0.717) is 10.6 Å². The Morgan fingerprint density at radius 3 is 2.70 bits per heavy atom. The van der Waals surface area contributed by atoms with E-state index in [-0.39, 0.29) is 0 Å². The van der Waals surface area contributed by atoms with Crippen LogP contribution in [0.2, 0.25) is 0 Å². The lowest BCUT2D eigenvalue weighted by molar-refractivity contribution is -0.137. The fourth-order valence-corrected chi connectivity index (χ4v) is 3.57. The molecule has 0 saturated carbocycles. The van der Waals surface area contributed by atoms with Crippen LogP contribution in [0.5, 0.6) is 5.75 Å². The molecule has 1 aromatic heterocycles. The van der Waals surface area contributed by atoms with Crippen molar-refractivity contribution >= 4 is 8.25 Å². The van der Waals surface area contributed by atoms with Crippen LogP contribution in [0.4, 0.5) is 13.2 Å². The number of ether oxygens (including phenoxy) is 1. The van der Waals surface area contributed by atoms with Crippen LogP contribution in [0.3, 0.4) is 0 Å². The van der Waals surface area contributed by atoms with Crippen molar-refractivity contribution in [1.29, 1.82) is 0 Å². The number of hydrogen-bond acceptors (Lipinski definition) is 9. The van der Waals surface area contributed by atoms with Gasteiger partial charge in [0.15, 0.2) is 6.23 Å². The van der Waals surface area contributed by atoms with Gasteiger partial charge in [0.25, 0.3) is 5.56 Å². The molecule has 1 aliphatic rings. The predicted molar refractivity (Wildman–Crippen MR) is 101 cm³/mol. The summed E-state index contributed by atoms with van der Waals surface area (Å²) in [6.07, 6.45) is -9.52. The third-order valence-electron chi connectivity index (χ3n) is 4.48. The standard InChI is InChI=1S/C16H14F3N5O8P/c17-16(18,19)8-2-1-3-9(6-8)32-33(29)30-7-15(22-23-20)12(27)11(26)13(31-15)24-10(25)4-5-21-14(24)28/h1-6,11-13,26-27H,7H2,(H,21,28)/t11-,12+,13-,15-/m1/s1. The molecule has 13 nitrogen and oxygen atoms in total. The molecule has 177 valence electrons. The molecule has 3 N–H and O–H groups in total. The summed E-state index contributed by atoms with van der Waals surface area (Å²) in [5, 5.41) is 23.9. The average Bonchev–Trinajstić information content (AvgIpc) is 2.98. The van der Waals surface area contributed by atoms with Crippen LogP contribution in [0.15, 0.2) is 51.2 Å². The zero-order valence-corrected chi connectivity index (χ0v) is 17.0. The lowest BCUT2D eigenvalue weighted by atomic mass is 10.1. The van der Waals surface area contributed by atoms with E-state index in [0.717, 1.165) is 30.5 Å². The Morgan fingerprint density at radius 2 is 2.06 bits per heavy atom. The molecule has 1 aromatic carbocycles. The number of H-pyrrole nitrogens is 1. The number of aliphatic hydroxyl groups is 2. The van der Waals surface area contributed by atoms with E-state index in [1.807, 2.05) is 0 Å². The molecule has 1 aliphatic heterocycles. The van der Waals surface area contributed by atoms with Crippen molar-refractivity contribution in [3.63, 3.8) is 0 Å². The van der Waals surface area contributed by atoms with Crippen LogP contribution in [0.1, 0.15) is 11.8 Å². The summed E-state index contributed by atoms with van der Waals surface area (Å²) < 4.78 is 65.8. The highest BCUT2D eigenvalue weighted by atomic mass is 31.1. The fourth-order valence-electron chi connectivity index (χ4n) is 2.95. The van der Waals surface area contributed by atoms with Crippen LogP contribution in [0, 0.1) is 0 Å². The number of benzene rings is 1. The Balaban J connectivity index is 1.79. The first-order chi connectivity index (χ1) is 15.5. The van der Waals surface area contributed by atoms with E-state index in [2.05, 4.69) is 15.0 Å². The molecule has 0 bridgehead atoms. The summed E-state index contributed by atoms with van der Waals surface area (Å²) in [4.78, 5) is 28.6. The number of aromatic nitrogens is 2. The maximum atomic E-state index is 12.8. The molecule has 1 fully saturated rings. The fraction of sp³-hybridized carbons (Fsp3) is 0.375. The molecule has 5 atom stereocenters. The molecule has 3 rings (SSSR count). The van der Waals surface area contributed by atoms with Gasteiger partial charge < -0.3 is 24.5 Å². The molecule has 0 spiro atoms. The normalized spacial score (nSPS) is 25.4. The minimum Gasteiger partial charge on any atom is -0.398 e. The van der Waals surface area contributed by atoms with E-state index in [4.69, 9.17) is 19.3 Å². The van der Waals surface area contributed by atoms with Crippen LogP contribution >= 0.6 is 8.25 Å². The van der Waals surface area contributed by atoms with Crippen LogP contribution < -0.4 is 15.8 Å². The summed E-state index contributed by atoms with van der Waals surface area (Å²) in [6.45, 7) is -1.03. The van der Waals surface area contributed by atoms with Gasteiger partial charge in [0.1, 0.15) is 24.6 Å². The summed E-state index contributed by atoms with van der Waals surface area (Å²) >= 11 is 0. The first kappa shape index (κ1) is 24.4. The molecule has 1 unspecified atom stereocenters. The van der Waals surface area contributed by atoms with Gasteiger partial charge in [0, 0.05) is 17.2 Å². The monoisotopic (exact) mass is 492 g/mol. The average molecular weight is 492 g/mol. The molecule has 2 heterocycles. The van der Waals surface area contributed by atoms with Crippen molar-refractivity contribution in [1.82, 2.24) is 9.55 Å². The lowest BCUT2D eigenvalue weighted by Gasteiger charge is -2.25. The van der Waals surface area contributed by atoms with Crippen LogP contribution in [0.25, 0.3) is 10.4 Å². The quantitative estimate of drug-likeness (QED) is 0.225. The van der Waals surface area contributed by atoms with Gasteiger partial charge in [-0.25, -0.2) is 13.9 Å². The second-order valence-electron chi connectivity index (χ2n) is 6.58. The van der Waals surface area contributed by atoms with Gasteiger partial charge in [0.2, 0.25) is 5.72 Å². The van der Waals surface area contributed by atoms with E-state index < -0.39 is 67.8 Å². The number of aromatic amines is 1. The zero-order chi connectivity index (χ0) is 24.4. The number of azide groups is 1. The molecule has 2 aromatic rings. The van der Waals surface area contributed by atoms with Crippen molar-refractivity contribution in [2.45, 2.75) is 30.3 Å². The van der Waals surface area contributed by atoms with E-state index in [9.17, 15) is 37.5 Å². The molecule has 1 saturated heterocycles. The minimum absolute atomic E-state index is 0.404. The highest BCUT2D eigenvalue weighted by Crippen LogP contribution is 2.40. The zero-order valence-electron chi connectivity index (χ0n) is 16.1. The highest BCUT2D eigenvalue weighted by molar-refractivity contribution is 7.33. The summed E-state index contributed by atoms with van der Waals surface area (Å²) in [6, 6.07) is 4.32. The third-order valence-corrected chi connectivity index (χ3v) is 5.18. The Hall–Kier alpha value is -3.26. The van der Waals surface area contributed by atoms with Crippen LogP contribution in [-0.4, -0.2) is 44.3 Å². The van der Waals surface area contributed by atoms with Crippen molar-refractivity contribution in [2.75, 3.05) is 6.61 Å². The topological polar surface area (TPSA) is 189 Å². The number of alkyl halides is 3. The van der Waals surface area contributed by atoms with Gasteiger partial charge >= 0.3 is 20.1 Å². The third kappa shape index (κ3) is 5.06. The van der Waals surface area contributed by atoms with Gasteiger partial charge in [-0.05, 0) is 23.7 Å². The molecule has 33 heavy (non-hydrogen) atoms. The van der Waals surface area contributed by atoms with Crippen molar-refractivity contribution in [3.05, 3.63) is 73.4 Å². The predicted octanol–water partition coefficient (Wildman–Crippen LogP) is 1.57. The smallest absolute Gasteiger partial charge is 0.398 e. The van der Waals surface area contributed by atoms with E-state index >= 15 is 0 Å². The van der Waals surface area contributed by atoms with Crippen molar-refractivity contribution in [2.24, 2.45) is 5.11 Å². The molecule has 1 radical (unpaired) electrons. The number of halogens is 3. The van der Waals surface area contributed by atoms with Gasteiger partial charge in [-0.3, -0.25) is 9.32 Å². The summed E-state index contributed by atoms with van der Waals surface area (Å²) in [7, 11) is -3.19. The molecule has 0 aliphatic carbocycles. The summed E-state index contributed by atoms with van der Waals surface area (Å²) in [5.74, 6) is -0.461. The summed E-state index contributed by atoms with van der Waals surface area (Å²) in [5.41, 5.74) is 3.36. The van der Waals surface area contributed by atoms with E-state index in [1.54, 1.807) is 0 Å². The SMILES string of the molecule is [N-]=[N+]=N[C@]1(CO[P](=O)Oc2cccc(C(F)(F)F)c2)O[C@@H](n2c(=O)cc[nH]c2=O)[C@H](O)[C@@H]1O. The number of rotatable bonds is 7. The molecular formula is C16H14F3N5O8P.